The number of piperazine rings is 1. The average Bonchev–Trinajstić information content (AvgIpc) is 2.79. The summed E-state index contributed by atoms with van der Waals surface area (Å²) >= 11 is 0. The average molecular weight is 423 g/mol. The van der Waals surface area contributed by atoms with Crippen molar-refractivity contribution in [2.75, 3.05) is 31.1 Å². The molecule has 1 aromatic heterocycles. The van der Waals surface area contributed by atoms with Gasteiger partial charge < -0.3 is 9.80 Å². The molecule has 1 aliphatic heterocycles. The minimum Gasteiger partial charge on any atom is -0.353 e. The topological polar surface area (TPSA) is 109 Å². The maximum Gasteiger partial charge on any atom is 0.253 e. The molecule has 4 rings (SSSR count). The van der Waals surface area contributed by atoms with Crippen molar-refractivity contribution in [3.8, 4) is 11.3 Å². The predicted molar refractivity (Wildman–Crippen MR) is 113 cm³/mol. The van der Waals surface area contributed by atoms with Crippen LogP contribution in [0.3, 0.4) is 0 Å². The zero-order valence-electron chi connectivity index (χ0n) is 16.2. The van der Waals surface area contributed by atoms with Crippen molar-refractivity contribution in [2.24, 2.45) is 5.14 Å². The van der Waals surface area contributed by atoms with Gasteiger partial charge in [-0.15, -0.1) is 0 Å². The van der Waals surface area contributed by atoms with E-state index in [-0.39, 0.29) is 10.8 Å². The monoisotopic (exact) mass is 423 g/mol. The van der Waals surface area contributed by atoms with E-state index in [1.165, 1.54) is 24.3 Å². The standard InChI is InChI=1S/C21H21N5O3S/c22-30(28,29)18-8-6-17(7-9-18)21(27)26-12-10-25(11-13-26)20-14-19(23-15-24-20)16-4-2-1-3-5-16/h1-9,14-15H,10-13H2,(H2,22,28,29). The maximum absolute atomic E-state index is 12.7. The Kier molecular flexibility index (Phi) is 5.47. The first kappa shape index (κ1) is 20.0. The second-order valence-corrected chi connectivity index (χ2v) is 8.54. The van der Waals surface area contributed by atoms with Gasteiger partial charge in [0.15, 0.2) is 0 Å². The van der Waals surface area contributed by atoms with Gasteiger partial charge in [-0.3, -0.25) is 4.79 Å². The van der Waals surface area contributed by atoms with E-state index in [1.54, 1.807) is 11.2 Å². The van der Waals surface area contributed by atoms with E-state index >= 15 is 0 Å². The molecule has 2 heterocycles. The van der Waals surface area contributed by atoms with Gasteiger partial charge in [-0.1, -0.05) is 30.3 Å². The molecule has 30 heavy (non-hydrogen) atoms. The van der Waals surface area contributed by atoms with Crippen LogP contribution in [-0.2, 0) is 10.0 Å². The Balaban J connectivity index is 1.42. The fourth-order valence-electron chi connectivity index (χ4n) is 3.40. The van der Waals surface area contributed by atoms with Crippen molar-refractivity contribution in [2.45, 2.75) is 4.90 Å². The number of amides is 1. The van der Waals surface area contributed by atoms with E-state index in [2.05, 4.69) is 14.9 Å². The Morgan fingerprint density at radius 2 is 1.57 bits per heavy atom. The number of sulfonamides is 1. The highest BCUT2D eigenvalue weighted by molar-refractivity contribution is 7.89. The number of benzene rings is 2. The largest absolute Gasteiger partial charge is 0.353 e. The Morgan fingerprint density at radius 3 is 2.20 bits per heavy atom. The first-order chi connectivity index (χ1) is 14.4. The second-order valence-electron chi connectivity index (χ2n) is 6.98. The lowest BCUT2D eigenvalue weighted by molar-refractivity contribution is 0.0746. The van der Waals surface area contributed by atoms with Crippen LogP contribution in [0.25, 0.3) is 11.3 Å². The SMILES string of the molecule is NS(=O)(=O)c1ccc(C(=O)N2CCN(c3cc(-c4ccccc4)ncn3)CC2)cc1. The smallest absolute Gasteiger partial charge is 0.253 e. The molecular weight excluding hydrogens is 402 g/mol. The van der Waals surface area contributed by atoms with Crippen LogP contribution in [0.4, 0.5) is 5.82 Å². The van der Waals surface area contributed by atoms with E-state index in [1.807, 2.05) is 36.4 Å². The van der Waals surface area contributed by atoms with E-state index in [9.17, 15) is 13.2 Å². The van der Waals surface area contributed by atoms with Crippen LogP contribution in [0.15, 0.2) is 71.9 Å². The summed E-state index contributed by atoms with van der Waals surface area (Å²) in [6.45, 7) is 2.37. The summed E-state index contributed by atoms with van der Waals surface area (Å²) in [5.74, 6) is 0.691. The molecule has 1 amide bonds. The third kappa shape index (κ3) is 4.32. The van der Waals surface area contributed by atoms with Crippen molar-refractivity contribution in [1.29, 1.82) is 0 Å². The first-order valence-corrected chi connectivity index (χ1v) is 11.0. The zero-order chi connectivity index (χ0) is 21.1. The number of primary sulfonamides is 1. The molecule has 8 nitrogen and oxygen atoms in total. The normalized spacial score (nSPS) is 14.6. The molecule has 0 saturated carbocycles. The Hall–Kier alpha value is -3.30. The van der Waals surface area contributed by atoms with Gasteiger partial charge in [0.25, 0.3) is 5.91 Å². The van der Waals surface area contributed by atoms with Crippen LogP contribution in [-0.4, -0.2) is 55.4 Å². The van der Waals surface area contributed by atoms with Gasteiger partial charge in [0.05, 0.1) is 10.6 Å². The lowest BCUT2D eigenvalue weighted by Crippen LogP contribution is -2.49. The minimum atomic E-state index is -3.78. The molecule has 0 atom stereocenters. The molecule has 9 heteroatoms. The van der Waals surface area contributed by atoms with Gasteiger partial charge in [0.1, 0.15) is 12.1 Å². The van der Waals surface area contributed by atoms with E-state index in [0.29, 0.717) is 31.7 Å². The number of anilines is 1. The molecule has 2 N–H and O–H groups in total. The van der Waals surface area contributed by atoms with Crippen LogP contribution in [0.2, 0.25) is 0 Å². The molecule has 1 fully saturated rings. The fourth-order valence-corrected chi connectivity index (χ4v) is 3.91. The molecule has 3 aromatic rings. The molecule has 0 aliphatic carbocycles. The van der Waals surface area contributed by atoms with Gasteiger partial charge in [-0.25, -0.2) is 23.5 Å². The molecular formula is C21H21N5O3S. The molecule has 0 unspecified atom stereocenters. The van der Waals surface area contributed by atoms with Gasteiger partial charge in [0.2, 0.25) is 10.0 Å². The van der Waals surface area contributed by atoms with Crippen molar-refractivity contribution in [1.82, 2.24) is 14.9 Å². The van der Waals surface area contributed by atoms with Crippen LogP contribution >= 0.6 is 0 Å². The lowest BCUT2D eigenvalue weighted by atomic mass is 10.1. The summed E-state index contributed by atoms with van der Waals surface area (Å²) in [5, 5.41) is 5.11. The highest BCUT2D eigenvalue weighted by Gasteiger charge is 2.23. The molecule has 0 spiro atoms. The summed E-state index contributed by atoms with van der Waals surface area (Å²) in [5.41, 5.74) is 2.32. The number of hydrogen-bond acceptors (Lipinski definition) is 6. The van der Waals surface area contributed by atoms with Crippen LogP contribution < -0.4 is 10.0 Å². The Morgan fingerprint density at radius 1 is 0.900 bits per heavy atom. The summed E-state index contributed by atoms with van der Waals surface area (Å²) < 4.78 is 22.7. The van der Waals surface area contributed by atoms with Crippen LogP contribution in [0.1, 0.15) is 10.4 Å². The second kappa shape index (κ2) is 8.21. The lowest BCUT2D eigenvalue weighted by Gasteiger charge is -2.35. The molecule has 154 valence electrons. The van der Waals surface area contributed by atoms with Crippen LogP contribution in [0, 0.1) is 0 Å². The predicted octanol–water partition coefficient (Wildman–Crippen LogP) is 1.75. The zero-order valence-corrected chi connectivity index (χ0v) is 17.0. The van der Waals surface area contributed by atoms with Crippen LogP contribution in [0.5, 0.6) is 0 Å². The highest BCUT2D eigenvalue weighted by Crippen LogP contribution is 2.22. The third-order valence-corrected chi connectivity index (χ3v) is 5.97. The van der Waals surface area contributed by atoms with E-state index in [4.69, 9.17) is 5.14 Å². The number of rotatable bonds is 4. The summed E-state index contributed by atoms with van der Waals surface area (Å²) in [7, 11) is -3.78. The van der Waals surface area contributed by atoms with Crippen molar-refractivity contribution in [3.63, 3.8) is 0 Å². The quantitative estimate of drug-likeness (QED) is 0.685. The molecule has 1 aliphatic rings. The number of nitrogens with two attached hydrogens (primary N) is 1. The molecule has 0 radical (unpaired) electrons. The number of carbonyl (C=O) groups is 1. The Bertz CT molecular complexity index is 1140. The van der Waals surface area contributed by atoms with Crippen molar-refractivity contribution >= 4 is 21.7 Å². The number of nitrogens with zero attached hydrogens (tertiary/aromatic N) is 4. The summed E-state index contributed by atoms with van der Waals surface area (Å²) in [6.07, 6.45) is 1.56. The molecule has 0 bridgehead atoms. The fraction of sp³-hybridized carbons (Fsp3) is 0.190. The van der Waals surface area contributed by atoms with Gasteiger partial charge in [-0.2, -0.15) is 0 Å². The highest BCUT2D eigenvalue weighted by atomic mass is 32.2. The number of hydrogen-bond donors (Lipinski definition) is 1. The summed E-state index contributed by atoms with van der Waals surface area (Å²) in [4.78, 5) is 25.4. The van der Waals surface area contributed by atoms with Crippen molar-refractivity contribution in [3.05, 3.63) is 72.6 Å². The third-order valence-electron chi connectivity index (χ3n) is 5.04. The Labute approximate surface area is 175 Å². The van der Waals surface area contributed by atoms with Gasteiger partial charge >= 0.3 is 0 Å². The number of carbonyl (C=O) groups excluding carboxylic acids is 1. The maximum atomic E-state index is 12.7. The van der Waals surface area contributed by atoms with Crippen molar-refractivity contribution < 1.29 is 13.2 Å². The van der Waals surface area contributed by atoms with E-state index in [0.717, 1.165) is 17.1 Å². The molecule has 1 saturated heterocycles. The minimum absolute atomic E-state index is 0.0122. The van der Waals surface area contributed by atoms with E-state index < -0.39 is 10.0 Å². The molecule has 2 aromatic carbocycles. The van der Waals surface area contributed by atoms with Gasteiger partial charge in [-0.05, 0) is 24.3 Å². The van der Waals surface area contributed by atoms with Gasteiger partial charge in [0, 0.05) is 43.4 Å². The first-order valence-electron chi connectivity index (χ1n) is 9.46. The number of aromatic nitrogens is 2. The summed E-state index contributed by atoms with van der Waals surface area (Å²) in [6, 6.07) is 17.6.